The van der Waals surface area contributed by atoms with E-state index in [0.717, 1.165) is 16.3 Å². The normalized spacial score (nSPS) is 12.0. The maximum atomic E-state index is 12.2. The van der Waals surface area contributed by atoms with E-state index < -0.39 is 0 Å². The highest BCUT2D eigenvalue weighted by Crippen LogP contribution is 2.32. The van der Waals surface area contributed by atoms with Gasteiger partial charge in [0, 0.05) is 15.6 Å². The van der Waals surface area contributed by atoms with Gasteiger partial charge in [-0.3, -0.25) is 9.78 Å². The zero-order chi connectivity index (χ0) is 16.1. The molecule has 1 N–H and O–H groups in total. The Morgan fingerprint density at radius 3 is 2.82 bits per heavy atom. The molecule has 0 fully saturated rings. The number of aryl methyl sites for hydroxylation is 1. The number of carbonyl (C=O) groups excluding carboxylic acids is 1. The van der Waals surface area contributed by atoms with Crippen molar-refractivity contribution in [2.75, 3.05) is 0 Å². The number of benzene rings is 1. The first-order valence-electron chi connectivity index (χ1n) is 6.77. The molecule has 0 saturated carbocycles. The highest BCUT2D eigenvalue weighted by atomic mass is 35.5. The summed E-state index contributed by atoms with van der Waals surface area (Å²) in [5.41, 5.74) is 1.77. The van der Waals surface area contributed by atoms with Crippen molar-refractivity contribution in [1.82, 2.24) is 10.3 Å². The standard InChI is InChI=1S/C16H16Cl2N2OS/c1-10-4-3-5-13(20-10)9-19-16(21)11(2)22-15-8-12(17)6-7-14(15)18/h3-8,11H,9H2,1-2H3,(H,19,21). The lowest BCUT2D eigenvalue weighted by Gasteiger charge is -2.13. The minimum absolute atomic E-state index is 0.0654. The number of carbonyl (C=O) groups is 1. The Morgan fingerprint density at radius 1 is 1.32 bits per heavy atom. The van der Waals surface area contributed by atoms with Gasteiger partial charge in [-0.15, -0.1) is 11.8 Å². The molecule has 6 heteroatoms. The van der Waals surface area contributed by atoms with Gasteiger partial charge in [0.2, 0.25) is 5.91 Å². The molecule has 0 bridgehead atoms. The highest BCUT2D eigenvalue weighted by molar-refractivity contribution is 8.00. The summed E-state index contributed by atoms with van der Waals surface area (Å²) in [6.07, 6.45) is 0. The largest absolute Gasteiger partial charge is 0.349 e. The molecule has 1 aromatic carbocycles. The molecule has 116 valence electrons. The number of aromatic nitrogens is 1. The van der Waals surface area contributed by atoms with E-state index in [9.17, 15) is 4.79 Å². The molecule has 1 heterocycles. The topological polar surface area (TPSA) is 42.0 Å². The van der Waals surface area contributed by atoms with E-state index in [-0.39, 0.29) is 11.2 Å². The molecule has 0 spiro atoms. The number of thioether (sulfide) groups is 1. The summed E-state index contributed by atoms with van der Waals surface area (Å²) < 4.78 is 0. The summed E-state index contributed by atoms with van der Waals surface area (Å²) in [5.74, 6) is -0.0654. The summed E-state index contributed by atoms with van der Waals surface area (Å²) >= 11 is 13.5. The van der Waals surface area contributed by atoms with Gasteiger partial charge in [-0.25, -0.2) is 0 Å². The van der Waals surface area contributed by atoms with Gasteiger partial charge >= 0.3 is 0 Å². The van der Waals surface area contributed by atoms with Gasteiger partial charge in [-0.2, -0.15) is 0 Å². The van der Waals surface area contributed by atoms with Crippen LogP contribution in [-0.4, -0.2) is 16.1 Å². The Balaban J connectivity index is 1.93. The molecule has 1 unspecified atom stereocenters. The van der Waals surface area contributed by atoms with E-state index in [0.29, 0.717) is 16.6 Å². The van der Waals surface area contributed by atoms with Crippen LogP contribution in [0.4, 0.5) is 0 Å². The molecule has 0 aliphatic carbocycles. The molecule has 1 atom stereocenters. The van der Waals surface area contributed by atoms with Crippen LogP contribution in [0.1, 0.15) is 18.3 Å². The first kappa shape index (κ1) is 17.1. The molecule has 1 aromatic heterocycles. The second-order valence-electron chi connectivity index (χ2n) is 4.82. The van der Waals surface area contributed by atoms with Crippen LogP contribution in [0.5, 0.6) is 0 Å². The van der Waals surface area contributed by atoms with Crippen LogP contribution in [0.2, 0.25) is 10.0 Å². The van der Waals surface area contributed by atoms with E-state index in [1.54, 1.807) is 18.2 Å². The van der Waals surface area contributed by atoms with Crippen molar-refractivity contribution in [2.45, 2.75) is 30.5 Å². The van der Waals surface area contributed by atoms with Crippen LogP contribution in [0, 0.1) is 6.92 Å². The van der Waals surface area contributed by atoms with E-state index in [1.165, 1.54) is 11.8 Å². The quantitative estimate of drug-likeness (QED) is 0.804. The SMILES string of the molecule is Cc1cccc(CNC(=O)C(C)Sc2cc(Cl)ccc2Cl)n1. The number of amides is 1. The van der Waals surface area contributed by atoms with Crippen molar-refractivity contribution < 1.29 is 4.79 Å². The minimum atomic E-state index is -0.277. The lowest BCUT2D eigenvalue weighted by Crippen LogP contribution is -2.30. The Kier molecular flexibility index (Phi) is 6.12. The van der Waals surface area contributed by atoms with E-state index in [2.05, 4.69) is 10.3 Å². The number of halogens is 2. The predicted octanol–water partition coefficient (Wildman–Crippen LogP) is 4.49. The average Bonchev–Trinajstić information content (AvgIpc) is 2.48. The maximum Gasteiger partial charge on any atom is 0.233 e. The molecule has 22 heavy (non-hydrogen) atoms. The molecule has 2 rings (SSSR count). The smallest absolute Gasteiger partial charge is 0.233 e. The van der Waals surface area contributed by atoms with Gasteiger partial charge in [0.15, 0.2) is 0 Å². The van der Waals surface area contributed by atoms with Gasteiger partial charge in [0.25, 0.3) is 0 Å². The molecule has 0 aliphatic rings. The minimum Gasteiger partial charge on any atom is -0.349 e. The van der Waals surface area contributed by atoms with Crippen LogP contribution in [0.25, 0.3) is 0 Å². The monoisotopic (exact) mass is 354 g/mol. The van der Waals surface area contributed by atoms with Crippen molar-refractivity contribution in [3.8, 4) is 0 Å². The number of rotatable bonds is 5. The van der Waals surface area contributed by atoms with E-state index in [1.807, 2.05) is 32.0 Å². The predicted molar refractivity (Wildman–Crippen MR) is 92.6 cm³/mol. The van der Waals surface area contributed by atoms with Crippen molar-refractivity contribution in [1.29, 1.82) is 0 Å². The second kappa shape index (κ2) is 7.86. The number of nitrogens with one attached hydrogen (secondary N) is 1. The summed E-state index contributed by atoms with van der Waals surface area (Å²) in [4.78, 5) is 17.3. The average molecular weight is 355 g/mol. The lowest BCUT2D eigenvalue weighted by molar-refractivity contribution is -0.120. The van der Waals surface area contributed by atoms with Crippen LogP contribution >= 0.6 is 35.0 Å². The fourth-order valence-electron chi connectivity index (χ4n) is 1.83. The Morgan fingerprint density at radius 2 is 2.09 bits per heavy atom. The Hall–Kier alpha value is -1.23. The first-order chi connectivity index (χ1) is 10.5. The van der Waals surface area contributed by atoms with Crippen LogP contribution < -0.4 is 5.32 Å². The zero-order valence-electron chi connectivity index (χ0n) is 12.3. The summed E-state index contributed by atoms with van der Waals surface area (Å²) in [5, 5.41) is 3.80. The highest BCUT2D eigenvalue weighted by Gasteiger charge is 2.16. The Labute approximate surface area is 144 Å². The molecule has 2 aromatic rings. The fourth-order valence-corrected chi connectivity index (χ4v) is 3.27. The molecule has 0 saturated heterocycles. The third-order valence-electron chi connectivity index (χ3n) is 2.96. The van der Waals surface area contributed by atoms with Crippen molar-refractivity contribution in [2.24, 2.45) is 0 Å². The van der Waals surface area contributed by atoms with Gasteiger partial charge in [0.1, 0.15) is 0 Å². The molecule has 3 nitrogen and oxygen atoms in total. The third-order valence-corrected chi connectivity index (χ3v) is 4.79. The number of hydrogen-bond acceptors (Lipinski definition) is 3. The maximum absolute atomic E-state index is 12.2. The first-order valence-corrected chi connectivity index (χ1v) is 8.41. The Bertz CT molecular complexity index is 679. The second-order valence-corrected chi connectivity index (χ2v) is 7.05. The molecular formula is C16H16Cl2N2OS. The molecule has 0 radical (unpaired) electrons. The lowest BCUT2D eigenvalue weighted by atomic mass is 10.3. The van der Waals surface area contributed by atoms with Crippen LogP contribution in [0.3, 0.4) is 0 Å². The van der Waals surface area contributed by atoms with Gasteiger partial charge < -0.3 is 5.32 Å². The molecule has 1 amide bonds. The molecule has 0 aliphatic heterocycles. The van der Waals surface area contributed by atoms with Crippen molar-refractivity contribution in [3.05, 3.63) is 57.8 Å². The zero-order valence-corrected chi connectivity index (χ0v) is 14.6. The van der Waals surface area contributed by atoms with Gasteiger partial charge in [-0.1, -0.05) is 29.3 Å². The summed E-state index contributed by atoms with van der Waals surface area (Å²) in [6.45, 7) is 4.17. The van der Waals surface area contributed by atoms with E-state index >= 15 is 0 Å². The number of nitrogens with zero attached hydrogens (tertiary/aromatic N) is 1. The number of hydrogen-bond donors (Lipinski definition) is 1. The van der Waals surface area contributed by atoms with Crippen molar-refractivity contribution >= 4 is 40.9 Å². The molecular weight excluding hydrogens is 339 g/mol. The van der Waals surface area contributed by atoms with Crippen LogP contribution in [-0.2, 0) is 11.3 Å². The summed E-state index contributed by atoms with van der Waals surface area (Å²) in [6, 6.07) is 11.0. The fraction of sp³-hybridized carbons (Fsp3) is 0.250. The summed E-state index contributed by atoms with van der Waals surface area (Å²) in [7, 11) is 0. The van der Waals surface area contributed by atoms with Crippen LogP contribution in [0.15, 0.2) is 41.3 Å². The number of pyridine rings is 1. The van der Waals surface area contributed by atoms with Crippen molar-refractivity contribution in [3.63, 3.8) is 0 Å². The van der Waals surface area contributed by atoms with E-state index in [4.69, 9.17) is 23.2 Å². The van der Waals surface area contributed by atoms with Gasteiger partial charge in [0.05, 0.1) is 22.5 Å². The third kappa shape index (κ3) is 4.90. The van der Waals surface area contributed by atoms with Gasteiger partial charge in [-0.05, 0) is 44.2 Å².